The van der Waals surface area contributed by atoms with Crippen LogP contribution in [0.4, 0.5) is 0 Å². The number of allylic oxidation sites excluding steroid dienone is 6. The molecule has 19 nitrogen and oxygen atoms in total. The van der Waals surface area contributed by atoms with Gasteiger partial charge in [-0.25, -0.2) is 9.13 Å². The van der Waals surface area contributed by atoms with Crippen LogP contribution in [0.15, 0.2) is 48.6 Å². The molecule has 380 valence electrons. The van der Waals surface area contributed by atoms with Gasteiger partial charge in [-0.2, -0.15) is 0 Å². The normalized spacial score (nSPS) is 31.6. The number of phosphoric ester groups is 2. The summed E-state index contributed by atoms with van der Waals surface area (Å²) in [5.41, 5.74) is 0. The lowest BCUT2D eigenvalue weighted by molar-refractivity contribution is -0.165. The number of hydrogen-bond donors (Lipinski definition) is 9. The lowest BCUT2D eigenvalue weighted by Crippen LogP contribution is -2.56. The van der Waals surface area contributed by atoms with Crippen LogP contribution in [0.5, 0.6) is 0 Å². The summed E-state index contributed by atoms with van der Waals surface area (Å²) in [5, 5.41) is 68.0. The lowest BCUT2D eigenvalue weighted by atomic mass is 9.83. The molecule has 1 aliphatic heterocycles. The van der Waals surface area contributed by atoms with E-state index in [1.807, 2.05) is 6.92 Å². The second-order valence-electron chi connectivity index (χ2n) is 16.9. The number of ether oxygens (including phenoxy) is 2. The molecule has 12 atom stereocenters. The first kappa shape index (κ1) is 59.7. The number of cyclic esters (lactones) is 1. The van der Waals surface area contributed by atoms with Crippen molar-refractivity contribution in [2.45, 2.75) is 191 Å². The molecule has 1 aliphatic carbocycles. The smallest absolute Gasteiger partial charge is 0.462 e. The molecule has 0 radical (unpaired) electrons. The van der Waals surface area contributed by atoms with Crippen LogP contribution in [0.1, 0.15) is 136 Å². The van der Waals surface area contributed by atoms with Gasteiger partial charge in [-0.3, -0.25) is 28.0 Å². The van der Waals surface area contributed by atoms with E-state index in [1.54, 1.807) is 6.08 Å². The van der Waals surface area contributed by atoms with Gasteiger partial charge in [-0.05, 0) is 57.8 Å². The van der Waals surface area contributed by atoms with E-state index in [1.165, 1.54) is 6.08 Å². The predicted molar refractivity (Wildman–Crippen MR) is 242 cm³/mol. The van der Waals surface area contributed by atoms with Crippen molar-refractivity contribution in [3.8, 4) is 0 Å². The minimum atomic E-state index is -5.80. The monoisotopic (exact) mass is 982 g/mol. The lowest BCUT2D eigenvalue weighted by Gasteiger charge is -2.38. The minimum Gasteiger partial charge on any atom is -0.462 e. The molecule has 0 amide bonds. The number of carbonyl (C=O) groups excluding carboxylic acids is 3. The SMILES string of the molecule is CCC/C=C\C/C=C\CCCCCCCC(=O)O[C@@H]1COC(=O)CCC/C=C\C[C@@H]2[C@@H](O)[C@H](O)[C@@H](O)[C@H](OP(=O)(O)OC1)[C@H](OP(=O)(O)O)[C@H](O)[C@@H](/C=C/[C@@H](O)CCCCC)C(=O)C[C@@H]2O. The molecule has 1 unspecified atom stereocenters. The van der Waals surface area contributed by atoms with Crippen molar-refractivity contribution in [3.63, 3.8) is 0 Å². The Hall–Kier alpha value is -2.45. The molecule has 0 spiro atoms. The molecule has 0 aromatic heterocycles. The molecule has 66 heavy (non-hydrogen) atoms. The van der Waals surface area contributed by atoms with Crippen LogP contribution in [-0.2, 0) is 46.6 Å². The van der Waals surface area contributed by atoms with Crippen molar-refractivity contribution in [3.05, 3.63) is 48.6 Å². The first-order valence-electron chi connectivity index (χ1n) is 23.3. The summed E-state index contributed by atoms with van der Waals surface area (Å²) in [6, 6.07) is 0. The zero-order chi connectivity index (χ0) is 49.1. The summed E-state index contributed by atoms with van der Waals surface area (Å²) in [6.45, 7) is 2.43. The van der Waals surface area contributed by atoms with Crippen molar-refractivity contribution in [1.29, 1.82) is 0 Å². The van der Waals surface area contributed by atoms with Crippen LogP contribution in [0.2, 0.25) is 0 Å². The molecule has 0 aromatic carbocycles. The molecule has 1 heterocycles. The number of rotatable bonds is 21. The highest BCUT2D eigenvalue weighted by Gasteiger charge is 2.51. The average molecular weight is 983 g/mol. The van der Waals surface area contributed by atoms with Crippen molar-refractivity contribution in [1.82, 2.24) is 0 Å². The van der Waals surface area contributed by atoms with E-state index < -0.39 is 120 Å². The second-order valence-corrected chi connectivity index (χ2v) is 19.5. The molecular formula is C45H76O19P2. The number of carbonyl (C=O) groups is 3. The number of unbranched alkanes of at least 4 members (excludes halogenated alkanes) is 8. The number of aliphatic hydroxyl groups excluding tert-OH is 6. The van der Waals surface area contributed by atoms with Gasteiger partial charge in [0.2, 0.25) is 0 Å². The summed E-state index contributed by atoms with van der Waals surface area (Å²) < 4.78 is 52.0. The maximum Gasteiger partial charge on any atom is 0.472 e. The van der Waals surface area contributed by atoms with Gasteiger partial charge in [0.15, 0.2) is 6.10 Å². The Morgan fingerprint density at radius 2 is 1.58 bits per heavy atom. The summed E-state index contributed by atoms with van der Waals surface area (Å²) in [5.74, 6) is -5.83. The van der Waals surface area contributed by atoms with E-state index in [9.17, 15) is 68.8 Å². The van der Waals surface area contributed by atoms with Crippen LogP contribution in [-0.4, -0.2) is 131 Å². The summed E-state index contributed by atoms with van der Waals surface area (Å²) in [7, 11) is -11.5. The molecule has 0 aromatic rings. The van der Waals surface area contributed by atoms with E-state index >= 15 is 0 Å². The standard InChI is InChI=1S/C45H76O19P2/c1-3-5-7-8-9-10-11-12-13-14-15-16-22-26-39(50)62-33-30-60-38(49)25-21-18-17-20-24-34-36(47)29-37(48)35(28-27-32(46)23-19-6-4-2)41(52)44(63-65(55,56)57)45(43(54)42(53)40(34)51)64-66(58,59)61-31-33/h7-8,10-11,17,20,27-28,32-36,40-47,51-54H,3-6,9,12-16,18-19,21-26,29-31H2,1-2H3,(H,58,59)(H2,55,56,57)/b8-7-,11-10-,20-17-,28-27+/t32-,33+,34-,35-,36-,40+,41+,42-,43+,44+,45-/m0/s1. The summed E-state index contributed by atoms with van der Waals surface area (Å²) in [4.78, 5) is 70.5. The quantitative estimate of drug-likeness (QED) is 0.0313. The Kier molecular flexibility index (Phi) is 29.3. The average Bonchev–Trinajstić information content (AvgIpc) is 3.25. The van der Waals surface area contributed by atoms with Crippen LogP contribution < -0.4 is 0 Å². The molecule has 21 heteroatoms. The highest BCUT2D eigenvalue weighted by molar-refractivity contribution is 7.47. The highest BCUT2D eigenvalue weighted by Crippen LogP contribution is 2.49. The Balaban J connectivity index is 2.43. The van der Waals surface area contributed by atoms with Crippen molar-refractivity contribution < 1.29 is 91.9 Å². The molecule has 1 fully saturated rings. The van der Waals surface area contributed by atoms with E-state index in [0.29, 0.717) is 19.3 Å². The van der Waals surface area contributed by atoms with E-state index in [4.69, 9.17) is 23.0 Å². The number of fused-ring (bicyclic) bond motifs is 4. The third-order valence-electron chi connectivity index (χ3n) is 11.2. The number of phosphoric acid groups is 2. The van der Waals surface area contributed by atoms with Gasteiger partial charge >= 0.3 is 27.6 Å². The molecule has 9 N–H and O–H groups in total. The second kappa shape index (κ2) is 32.4. The van der Waals surface area contributed by atoms with Crippen LogP contribution in [0, 0.1) is 11.8 Å². The molecule has 2 bridgehead atoms. The zero-order valence-corrected chi connectivity index (χ0v) is 40.1. The number of aliphatic hydroxyl groups is 6. The Bertz CT molecular complexity index is 1630. The minimum absolute atomic E-state index is 0.0539. The number of hydrogen-bond acceptors (Lipinski definition) is 16. The fourth-order valence-corrected chi connectivity index (χ4v) is 9.00. The Morgan fingerprint density at radius 1 is 0.879 bits per heavy atom. The summed E-state index contributed by atoms with van der Waals surface area (Å²) >= 11 is 0. The first-order valence-corrected chi connectivity index (χ1v) is 26.3. The fraction of sp³-hybridized carbons (Fsp3) is 0.756. The number of Topliss-reactive ketones (excluding diaryl/α,β-unsaturated/α-hetero) is 1. The maximum atomic E-state index is 13.9. The maximum absolute atomic E-state index is 13.9. The number of esters is 2. The van der Waals surface area contributed by atoms with Crippen LogP contribution in [0.3, 0.4) is 0 Å². The van der Waals surface area contributed by atoms with Crippen molar-refractivity contribution in [2.75, 3.05) is 13.2 Å². The van der Waals surface area contributed by atoms with Gasteiger partial charge in [0.05, 0.1) is 36.9 Å². The topological polar surface area (TPSA) is 314 Å². The molecule has 2 aliphatic rings. The zero-order valence-electron chi connectivity index (χ0n) is 38.3. The number of ketones is 1. The molecule has 2 rings (SSSR count). The predicted octanol–water partition coefficient (Wildman–Crippen LogP) is 5.09. The van der Waals surface area contributed by atoms with Crippen LogP contribution >= 0.6 is 15.6 Å². The van der Waals surface area contributed by atoms with Gasteiger partial charge in [-0.1, -0.05) is 107 Å². The van der Waals surface area contributed by atoms with Gasteiger partial charge in [0.25, 0.3) is 0 Å². The molecule has 0 saturated heterocycles. The van der Waals surface area contributed by atoms with Gasteiger partial charge in [0.1, 0.15) is 36.8 Å². The van der Waals surface area contributed by atoms with E-state index in [0.717, 1.165) is 69.9 Å². The van der Waals surface area contributed by atoms with Gasteiger partial charge in [-0.15, -0.1) is 0 Å². The van der Waals surface area contributed by atoms with Crippen LogP contribution in [0.25, 0.3) is 0 Å². The van der Waals surface area contributed by atoms with Gasteiger partial charge < -0.3 is 54.8 Å². The first-order chi connectivity index (χ1) is 31.3. The molecular weight excluding hydrogens is 906 g/mol. The highest BCUT2D eigenvalue weighted by atomic mass is 31.2. The molecule has 1 saturated carbocycles. The third kappa shape index (κ3) is 24.2. The fourth-order valence-electron chi connectivity index (χ4n) is 7.47. The Labute approximate surface area is 388 Å². The Morgan fingerprint density at radius 3 is 2.27 bits per heavy atom. The van der Waals surface area contributed by atoms with Crippen molar-refractivity contribution in [2.24, 2.45) is 11.8 Å². The van der Waals surface area contributed by atoms with Gasteiger partial charge in [0, 0.05) is 25.2 Å². The largest absolute Gasteiger partial charge is 0.472 e. The van der Waals surface area contributed by atoms with Crippen molar-refractivity contribution >= 4 is 33.4 Å². The van der Waals surface area contributed by atoms with E-state index in [-0.39, 0.29) is 38.5 Å². The van der Waals surface area contributed by atoms with E-state index in [2.05, 4.69) is 31.2 Å². The third-order valence-corrected chi connectivity index (χ3v) is 12.7. The summed E-state index contributed by atoms with van der Waals surface area (Å²) in [6.07, 6.45) is 3.71.